The van der Waals surface area contributed by atoms with Crippen molar-refractivity contribution in [1.82, 2.24) is 0 Å². The van der Waals surface area contributed by atoms with Crippen LogP contribution < -0.4 is 5.73 Å². The lowest BCUT2D eigenvalue weighted by Crippen LogP contribution is -2.21. The van der Waals surface area contributed by atoms with E-state index in [0.717, 1.165) is 6.42 Å². The number of halogens is 2. The minimum absolute atomic E-state index is 0.0179. The van der Waals surface area contributed by atoms with Gasteiger partial charge in [-0.05, 0) is 24.5 Å². The van der Waals surface area contributed by atoms with Crippen molar-refractivity contribution in [3.8, 4) is 0 Å². The lowest BCUT2D eigenvalue weighted by atomic mass is 9.91. The molecule has 2 N–H and O–H groups in total. The molecule has 1 unspecified atom stereocenters. The SMILES string of the molecule is CCC(C)[C@H](N)c1c(F)ccc(C)c1F. The first-order valence-corrected chi connectivity index (χ1v) is 5.19. The normalized spacial score (nSPS) is 15.1. The van der Waals surface area contributed by atoms with Crippen LogP contribution in [0.5, 0.6) is 0 Å². The van der Waals surface area contributed by atoms with Gasteiger partial charge < -0.3 is 5.73 Å². The first-order chi connectivity index (χ1) is 6.99. The zero-order valence-electron chi connectivity index (χ0n) is 9.35. The molecule has 1 aromatic carbocycles. The van der Waals surface area contributed by atoms with Crippen molar-refractivity contribution in [2.24, 2.45) is 11.7 Å². The van der Waals surface area contributed by atoms with E-state index < -0.39 is 17.7 Å². The van der Waals surface area contributed by atoms with Crippen molar-refractivity contribution < 1.29 is 8.78 Å². The second kappa shape index (κ2) is 4.71. The van der Waals surface area contributed by atoms with Crippen LogP contribution in [-0.4, -0.2) is 0 Å². The maximum absolute atomic E-state index is 13.7. The molecule has 0 saturated carbocycles. The molecule has 0 aliphatic rings. The molecule has 1 aromatic rings. The molecule has 0 saturated heterocycles. The number of hydrogen-bond donors (Lipinski definition) is 1. The number of nitrogens with two attached hydrogens (primary N) is 1. The molecule has 0 fully saturated rings. The quantitative estimate of drug-likeness (QED) is 0.819. The van der Waals surface area contributed by atoms with Gasteiger partial charge in [-0.15, -0.1) is 0 Å². The average Bonchev–Trinajstić information content (AvgIpc) is 2.22. The summed E-state index contributed by atoms with van der Waals surface area (Å²) in [5.74, 6) is -0.996. The van der Waals surface area contributed by atoms with E-state index in [1.165, 1.54) is 12.1 Å². The summed E-state index contributed by atoms with van der Waals surface area (Å²) in [6.07, 6.45) is 0.800. The zero-order valence-corrected chi connectivity index (χ0v) is 9.35. The predicted octanol–water partition coefficient (Wildman–Crippen LogP) is 3.32. The molecule has 0 aromatic heterocycles. The van der Waals surface area contributed by atoms with E-state index in [0.29, 0.717) is 5.56 Å². The summed E-state index contributed by atoms with van der Waals surface area (Å²) >= 11 is 0. The number of rotatable bonds is 3. The summed E-state index contributed by atoms with van der Waals surface area (Å²) in [5, 5.41) is 0. The molecule has 3 heteroatoms. The van der Waals surface area contributed by atoms with Gasteiger partial charge in [0.15, 0.2) is 0 Å². The summed E-state index contributed by atoms with van der Waals surface area (Å²) in [6.45, 7) is 5.46. The Morgan fingerprint density at radius 1 is 1.33 bits per heavy atom. The zero-order chi connectivity index (χ0) is 11.6. The Bertz CT molecular complexity index is 350. The number of benzene rings is 1. The molecule has 0 bridgehead atoms. The molecule has 15 heavy (non-hydrogen) atoms. The van der Waals surface area contributed by atoms with Crippen LogP contribution in [0.3, 0.4) is 0 Å². The Morgan fingerprint density at radius 3 is 2.47 bits per heavy atom. The molecule has 0 amide bonds. The van der Waals surface area contributed by atoms with Gasteiger partial charge >= 0.3 is 0 Å². The monoisotopic (exact) mass is 213 g/mol. The third-order valence-electron chi connectivity index (χ3n) is 2.91. The fourth-order valence-corrected chi connectivity index (χ4v) is 1.52. The predicted molar refractivity (Wildman–Crippen MR) is 57.5 cm³/mol. The summed E-state index contributed by atoms with van der Waals surface area (Å²) < 4.78 is 27.1. The molecule has 0 aliphatic heterocycles. The molecule has 2 atom stereocenters. The van der Waals surface area contributed by atoms with Crippen molar-refractivity contribution in [3.63, 3.8) is 0 Å². The van der Waals surface area contributed by atoms with Crippen LogP contribution in [0.1, 0.15) is 37.4 Å². The standard InChI is InChI=1S/C12H17F2N/c1-4-7(2)12(15)10-9(13)6-5-8(3)11(10)14/h5-7,12H,4,15H2,1-3H3/t7?,12-/m0/s1. The van der Waals surface area contributed by atoms with Gasteiger partial charge in [-0.1, -0.05) is 26.3 Å². The molecule has 0 heterocycles. The summed E-state index contributed by atoms with van der Waals surface area (Å²) in [5.41, 5.74) is 6.29. The van der Waals surface area contributed by atoms with E-state index in [1.807, 2.05) is 13.8 Å². The van der Waals surface area contributed by atoms with Gasteiger partial charge in [0.25, 0.3) is 0 Å². The van der Waals surface area contributed by atoms with E-state index >= 15 is 0 Å². The van der Waals surface area contributed by atoms with Gasteiger partial charge in [0.05, 0.1) is 0 Å². The van der Waals surface area contributed by atoms with Crippen LogP contribution in [0.2, 0.25) is 0 Å². The highest BCUT2D eigenvalue weighted by Gasteiger charge is 2.22. The van der Waals surface area contributed by atoms with Crippen LogP contribution in [0.15, 0.2) is 12.1 Å². The maximum Gasteiger partial charge on any atom is 0.133 e. The van der Waals surface area contributed by atoms with Crippen LogP contribution >= 0.6 is 0 Å². The van der Waals surface area contributed by atoms with Crippen LogP contribution in [0.4, 0.5) is 8.78 Å². The Hall–Kier alpha value is -0.960. The van der Waals surface area contributed by atoms with Crippen LogP contribution in [0, 0.1) is 24.5 Å². The molecule has 0 radical (unpaired) electrons. The minimum Gasteiger partial charge on any atom is -0.324 e. The summed E-state index contributed by atoms with van der Waals surface area (Å²) in [4.78, 5) is 0. The average molecular weight is 213 g/mol. The highest BCUT2D eigenvalue weighted by molar-refractivity contribution is 5.29. The van der Waals surface area contributed by atoms with E-state index in [1.54, 1.807) is 6.92 Å². The highest BCUT2D eigenvalue weighted by atomic mass is 19.1. The van der Waals surface area contributed by atoms with Gasteiger partial charge in [-0.2, -0.15) is 0 Å². The largest absolute Gasteiger partial charge is 0.324 e. The topological polar surface area (TPSA) is 26.0 Å². The van der Waals surface area contributed by atoms with E-state index in [-0.39, 0.29) is 11.5 Å². The van der Waals surface area contributed by atoms with Gasteiger partial charge in [0, 0.05) is 11.6 Å². The third kappa shape index (κ3) is 2.34. The first-order valence-electron chi connectivity index (χ1n) is 5.19. The van der Waals surface area contributed by atoms with E-state index in [9.17, 15) is 8.78 Å². The molecular formula is C12H17F2N. The Balaban J connectivity index is 3.18. The maximum atomic E-state index is 13.7. The van der Waals surface area contributed by atoms with E-state index in [4.69, 9.17) is 5.73 Å². The fraction of sp³-hybridized carbons (Fsp3) is 0.500. The third-order valence-corrected chi connectivity index (χ3v) is 2.91. The Labute approximate surface area is 89.3 Å². The van der Waals surface area contributed by atoms with Crippen LogP contribution in [-0.2, 0) is 0 Å². The fourth-order valence-electron chi connectivity index (χ4n) is 1.52. The van der Waals surface area contributed by atoms with Gasteiger partial charge in [-0.3, -0.25) is 0 Å². The van der Waals surface area contributed by atoms with Crippen molar-refractivity contribution in [2.75, 3.05) is 0 Å². The highest BCUT2D eigenvalue weighted by Crippen LogP contribution is 2.27. The first kappa shape index (κ1) is 12.1. The molecule has 0 aliphatic carbocycles. The molecular weight excluding hydrogens is 196 g/mol. The van der Waals surface area contributed by atoms with Gasteiger partial charge in [-0.25, -0.2) is 8.78 Å². The Morgan fingerprint density at radius 2 is 1.93 bits per heavy atom. The smallest absolute Gasteiger partial charge is 0.133 e. The lowest BCUT2D eigenvalue weighted by Gasteiger charge is -2.20. The van der Waals surface area contributed by atoms with Crippen molar-refractivity contribution in [1.29, 1.82) is 0 Å². The van der Waals surface area contributed by atoms with E-state index in [2.05, 4.69) is 0 Å². The van der Waals surface area contributed by atoms with Crippen LogP contribution in [0.25, 0.3) is 0 Å². The van der Waals surface area contributed by atoms with Crippen molar-refractivity contribution >= 4 is 0 Å². The summed E-state index contributed by atoms with van der Waals surface area (Å²) in [7, 11) is 0. The van der Waals surface area contributed by atoms with Gasteiger partial charge in [0.2, 0.25) is 0 Å². The minimum atomic E-state index is -0.574. The van der Waals surface area contributed by atoms with Gasteiger partial charge in [0.1, 0.15) is 11.6 Å². The van der Waals surface area contributed by atoms with Crippen molar-refractivity contribution in [2.45, 2.75) is 33.2 Å². The number of hydrogen-bond acceptors (Lipinski definition) is 1. The van der Waals surface area contributed by atoms with Crippen molar-refractivity contribution in [3.05, 3.63) is 34.9 Å². The molecule has 0 spiro atoms. The second-order valence-electron chi connectivity index (χ2n) is 4.00. The number of aryl methyl sites for hydroxylation is 1. The second-order valence-corrected chi connectivity index (χ2v) is 4.00. The molecule has 1 rings (SSSR count). The lowest BCUT2D eigenvalue weighted by molar-refractivity contribution is 0.418. The molecule has 84 valence electrons. The summed E-state index contributed by atoms with van der Waals surface area (Å²) in [6, 6.07) is 2.13. The Kier molecular flexibility index (Phi) is 3.80. The molecule has 1 nitrogen and oxygen atoms in total.